The molecule has 0 aromatic heterocycles. The zero-order valence-electron chi connectivity index (χ0n) is 13.9. The van der Waals surface area contributed by atoms with Crippen LogP contribution in [0.5, 0.6) is 0 Å². The van der Waals surface area contributed by atoms with E-state index >= 15 is 0 Å². The summed E-state index contributed by atoms with van der Waals surface area (Å²) in [6.45, 7) is 8.79. The van der Waals surface area contributed by atoms with Crippen molar-refractivity contribution in [2.45, 2.75) is 51.8 Å². The second kappa shape index (κ2) is 7.39. The van der Waals surface area contributed by atoms with E-state index in [9.17, 15) is 0 Å². The average molecular weight is 290 g/mol. The number of piperidine rings is 1. The molecule has 2 N–H and O–H groups in total. The number of nitrogens with zero attached hydrogens (tertiary/aromatic N) is 1. The molecule has 1 aliphatic heterocycles. The molecule has 118 valence electrons. The summed E-state index contributed by atoms with van der Waals surface area (Å²) in [5, 5.41) is 0. The van der Waals surface area contributed by atoms with Gasteiger partial charge < -0.3 is 10.5 Å². The second-order valence-electron chi connectivity index (χ2n) is 6.40. The predicted octanol–water partition coefficient (Wildman–Crippen LogP) is 2.99. The highest BCUT2D eigenvalue weighted by Gasteiger charge is 2.31. The minimum Gasteiger partial charge on any atom is -0.380 e. The molecule has 0 radical (unpaired) electrons. The highest BCUT2D eigenvalue weighted by molar-refractivity contribution is 5.25. The lowest BCUT2D eigenvalue weighted by atomic mass is 9.92. The first kappa shape index (κ1) is 16.5. The SMILES string of the molecule is CCc1ccc(C(N)C(C)N2CCC(C)C(OC)C2)cc1. The van der Waals surface area contributed by atoms with Crippen molar-refractivity contribution in [1.82, 2.24) is 4.90 Å². The number of likely N-dealkylation sites (tertiary alicyclic amines) is 1. The van der Waals surface area contributed by atoms with Gasteiger partial charge in [0, 0.05) is 25.7 Å². The Balaban J connectivity index is 2.02. The molecule has 1 fully saturated rings. The molecule has 1 aromatic rings. The van der Waals surface area contributed by atoms with Gasteiger partial charge >= 0.3 is 0 Å². The van der Waals surface area contributed by atoms with E-state index in [-0.39, 0.29) is 6.04 Å². The van der Waals surface area contributed by atoms with Crippen LogP contribution < -0.4 is 5.73 Å². The monoisotopic (exact) mass is 290 g/mol. The summed E-state index contributed by atoms with van der Waals surface area (Å²) in [5.74, 6) is 0.638. The smallest absolute Gasteiger partial charge is 0.0724 e. The Bertz CT molecular complexity index is 431. The molecule has 0 bridgehead atoms. The number of ether oxygens (including phenoxy) is 1. The fraction of sp³-hybridized carbons (Fsp3) is 0.667. The number of aryl methyl sites for hydroxylation is 1. The molecular weight excluding hydrogens is 260 g/mol. The molecule has 4 atom stereocenters. The van der Waals surface area contributed by atoms with Crippen molar-refractivity contribution < 1.29 is 4.74 Å². The number of methoxy groups -OCH3 is 1. The van der Waals surface area contributed by atoms with Gasteiger partial charge in [-0.25, -0.2) is 0 Å². The Morgan fingerprint density at radius 3 is 2.57 bits per heavy atom. The van der Waals surface area contributed by atoms with E-state index in [0.717, 1.165) is 19.5 Å². The Kier molecular flexibility index (Phi) is 5.80. The molecule has 0 aliphatic carbocycles. The lowest BCUT2D eigenvalue weighted by Gasteiger charge is -2.41. The summed E-state index contributed by atoms with van der Waals surface area (Å²) < 4.78 is 5.62. The Labute approximate surface area is 129 Å². The maximum absolute atomic E-state index is 6.50. The minimum absolute atomic E-state index is 0.0572. The number of rotatable bonds is 5. The quantitative estimate of drug-likeness (QED) is 0.906. The standard InChI is InChI=1S/C18H30N2O/c1-5-15-6-8-16(9-7-15)18(19)14(3)20-11-10-13(2)17(12-20)21-4/h6-9,13-14,17-18H,5,10-12,19H2,1-4H3. The van der Waals surface area contributed by atoms with Crippen molar-refractivity contribution in [2.75, 3.05) is 20.2 Å². The lowest BCUT2D eigenvalue weighted by molar-refractivity contribution is -0.0200. The molecule has 0 saturated carbocycles. The lowest BCUT2D eigenvalue weighted by Crippen LogP contribution is -2.50. The topological polar surface area (TPSA) is 38.5 Å². The largest absolute Gasteiger partial charge is 0.380 e. The average Bonchev–Trinajstić information content (AvgIpc) is 2.54. The van der Waals surface area contributed by atoms with Crippen molar-refractivity contribution >= 4 is 0 Å². The van der Waals surface area contributed by atoms with Crippen LogP contribution in [0, 0.1) is 5.92 Å². The summed E-state index contributed by atoms with van der Waals surface area (Å²) in [6, 6.07) is 9.14. The van der Waals surface area contributed by atoms with Crippen LogP contribution in [0.15, 0.2) is 24.3 Å². The molecule has 3 nitrogen and oxygen atoms in total. The molecular formula is C18H30N2O. The van der Waals surface area contributed by atoms with Crippen LogP contribution in [-0.2, 0) is 11.2 Å². The fourth-order valence-corrected chi connectivity index (χ4v) is 3.22. The van der Waals surface area contributed by atoms with Gasteiger partial charge in [0.2, 0.25) is 0 Å². The summed E-state index contributed by atoms with van der Waals surface area (Å²) in [5.41, 5.74) is 9.09. The second-order valence-corrected chi connectivity index (χ2v) is 6.40. The van der Waals surface area contributed by atoms with E-state index in [1.54, 1.807) is 0 Å². The van der Waals surface area contributed by atoms with Crippen molar-refractivity contribution in [3.05, 3.63) is 35.4 Å². The molecule has 21 heavy (non-hydrogen) atoms. The predicted molar refractivity (Wildman–Crippen MR) is 88.4 cm³/mol. The summed E-state index contributed by atoms with van der Waals surface area (Å²) in [4.78, 5) is 2.48. The van der Waals surface area contributed by atoms with Gasteiger partial charge in [0.25, 0.3) is 0 Å². The Morgan fingerprint density at radius 1 is 1.33 bits per heavy atom. The maximum atomic E-state index is 6.50. The number of benzene rings is 1. The van der Waals surface area contributed by atoms with Crippen molar-refractivity contribution in [3.63, 3.8) is 0 Å². The minimum atomic E-state index is 0.0572. The highest BCUT2D eigenvalue weighted by Crippen LogP contribution is 2.26. The van der Waals surface area contributed by atoms with Crippen molar-refractivity contribution in [1.29, 1.82) is 0 Å². The van der Waals surface area contributed by atoms with Gasteiger partial charge in [-0.3, -0.25) is 4.90 Å². The summed E-state index contributed by atoms with van der Waals surface area (Å²) in [7, 11) is 1.82. The van der Waals surface area contributed by atoms with Gasteiger partial charge in [-0.05, 0) is 43.4 Å². The normalized spacial score (nSPS) is 26.5. The van der Waals surface area contributed by atoms with Gasteiger partial charge in [-0.2, -0.15) is 0 Å². The van der Waals surface area contributed by atoms with E-state index in [1.807, 2.05) is 7.11 Å². The molecule has 1 heterocycles. The third-order valence-electron chi connectivity index (χ3n) is 5.09. The number of hydrogen-bond donors (Lipinski definition) is 1. The molecule has 3 heteroatoms. The van der Waals surface area contributed by atoms with Gasteiger partial charge in [0.1, 0.15) is 0 Å². The zero-order chi connectivity index (χ0) is 15.4. The van der Waals surface area contributed by atoms with E-state index in [0.29, 0.717) is 18.1 Å². The van der Waals surface area contributed by atoms with Crippen LogP contribution in [0.25, 0.3) is 0 Å². The third-order valence-corrected chi connectivity index (χ3v) is 5.09. The van der Waals surface area contributed by atoms with Crippen LogP contribution >= 0.6 is 0 Å². The van der Waals surface area contributed by atoms with Gasteiger partial charge in [-0.15, -0.1) is 0 Å². The van der Waals surface area contributed by atoms with Crippen LogP contribution in [0.4, 0.5) is 0 Å². The molecule has 1 saturated heterocycles. The zero-order valence-corrected chi connectivity index (χ0v) is 13.9. The van der Waals surface area contributed by atoms with Crippen LogP contribution in [0.1, 0.15) is 44.4 Å². The van der Waals surface area contributed by atoms with E-state index in [2.05, 4.69) is 49.9 Å². The van der Waals surface area contributed by atoms with Crippen molar-refractivity contribution in [3.8, 4) is 0 Å². The van der Waals surface area contributed by atoms with E-state index in [4.69, 9.17) is 10.5 Å². The van der Waals surface area contributed by atoms with E-state index < -0.39 is 0 Å². The molecule has 1 aliphatic rings. The van der Waals surface area contributed by atoms with Gasteiger partial charge in [0.05, 0.1) is 6.10 Å². The summed E-state index contributed by atoms with van der Waals surface area (Å²) >= 11 is 0. The molecule has 1 aromatic carbocycles. The van der Waals surface area contributed by atoms with Crippen LogP contribution in [0.3, 0.4) is 0 Å². The van der Waals surface area contributed by atoms with E-state index in [1.165, 1.54) is 17.5 Å². The van der Waals surface area contributed by atoms with Gasteiger partial charge in [0.15, 0.2) is 0 Å². The van der Waals surface area contributed by atoms with Crippen LogP contribution in [0.2, 0.25) is 0 Å². The fourth-order valence-electron chi connectivity index (χ4n) is 3.22. The highest BCUT2D eigenvalue weighted by atomic mass is 16.5. The van der Waals surface area contributed by atoms with Gasteiger partial charge in [-0.1, -0.05) is 38.1 Å². The van der Waals surface area contributed by atoms with Crippen LogP contribution in [-0.4, -0.2) is 37.2 Å². The molecule has 2 rings (SSSR count). The molecule has 0 spiro atoms. The number of hydrogen-bond acceptors (Lipinski definition) is 3. The Hall–Kier alpha value is -0.900. The third kappa shape index (κ3) is 3.85. The maximum Gasteiger partial charge on any atom is 0.0724 e. The number of nitrogens with two attached hydrogens (primary N) is 1. The first-order valence-electron chi connectivity index (χ1n) is 8.18. The Morgan fingerprint density at radius 2 is 2.00 bits per heavy atom. The van der Waals surface area contributed by atoms with Crippen molar-refractivity contribution in [2.24, 2.45) is 11.7 Å². The molecule has 0 amide bonds. The molecule has 4 unspecified atom stereocenters. The first-order valence-corrected chi connectivity index (χ1v) is 8.18. The summed E-state index contributed by atoms with van der Waals surface area (Å²) in [6.07, 6.45) is 2.59. The first-order chi connectivity index (χ1) is 10.1.